The Balaban J connectivity index is 0.000000541. The van der Waals surface area contributed by atoms with Crippen molar-refractivity contribution in [1.29, 1.82) is 0 Å². The molecule has 2 fully saturated rings. The number of aldehydes is 1. The van der Waals surface area contributed by atoms with Crippen LogP contribution in [0.25, 0.3) is 10.9 Å². The average molecular weight is 656 g/mol. The summed E-state index contributed by atoms with van der Waals surface area (Å²) in [5.74, 6) is 1.54. The van der Waals surface area contributed by atoms with Crippen LogP contribution in [0, 0.1) is 18.2 Å². The number of piperidine rings is 1. The fourth-order valence-electron chi connectivity index (χ4n) is 5.71. The molecule has 2 heterocycles. The van der Waals surface area contributed by atoms with Gasteiger partial charge in [-0.25, -0.2) is 4.39 Å². The smallest absolute Gasteiger partial charge is 0.165 e. The highest BCUT2D eigenvalue weighted by Crippen LogP contribution is 2.38. The van der Waals surface area contributed by atoms with Crippen LogP contribution in [0.3, 0.4) is 0 Å². The van der Waals surface area contributed by atoms with Crippen LogP contribution in [-0.2, 0) is 4.79 Å². The summed E-state index contributed by atoms with van der Waals surface area (Å²) < 4.78 is 31.7. The Kier molecular flexibility index (Phi) is 20.6. The Morgan fingerprint density at radius 1 is 0.979 bits per heavy atom. The maximum Gasteiger partial charge on any atom is 0.165 e. The molecule has 1 saturated heterocycles. The van der Waals surface area contributed by atoms with Gasteiger partial charge in [0.25, 0.3) is 0 Å². The molecule has 1 atom stereocenters. The van der Waals surface area contributed by atoms with Crippen LogP contribution in [0.15, 0.2) is 42.6 Å². The number of nitrogens with one attached hydrogen (secondary N) is 1. The molecule has 1 aliphatic carbocycles. The molecule has 2 aliphatic rings. The Bertz CT molecular complexity index is 1290. The molecule has 0 spiro atoms. The molecular formula is C39H62FN3O4. The highest BCUT2D eigenvalue weighted by molar-refractivity contribution is 5.88. The van der Waals surface area contributed by atoms with Gasteiger partial charge >= 0.3 is 0 Å². The van der Waals surface area contributed by atoms with E-state index < -0.39 is 5.82 Å². The molecule has 7 nitrogen and oxygen atoms in total. The molecule has 1 saturated carbocycles. The van der Waals surface area contributed by atoms with Crippen molar-refractivity contribution in [2.75, 3.05) is 40.4 Å². The molecule has 1 unspecified atom stereocenters. The monoisotopic (exact) mass is 655 g/mol. The van der Waals surface area contributed by atoms with Gasteiger partial charge in [0, 0.05) is 30.2 Å². The van der Waals surface area contributed by atoms with Crippen LogP contribution < -0.4 is 19.5 Å². The van der Waals surface area contributed by atoms with Crippen molar-refractivity contribution in [3.63, 3.8) is 0 Å². The van der Waals surface area contributed by atoms with E-state index in [-0.39, 0.29) is 5.75 Å². The number of ether oxygens (including phenoxy) is 3. The van der Waals surface area contributed by atoms with Crippen molar-refractivity contribution in [2.24, 2.45) is 5.41 Å². The van der Waals surface area contributed by atoms with E-state index in [4.69, 9.17) is 19.0 Å². The molecule has 3 aromatic rings. The summed E-state index contributed by atoms with van der Waals surface area (Å²) in [6.45, 7) is 19.8. The first-order valence-electron chi connectivity index (χ1n) is 17.5. The predicted molar refractivity (Wildman–Crippen MR) is 195 cm³/mol. The normalized spacial score (nSPS) is 16.7. The second kappa shape index (κ2) is 23.2. The second-order valence-electron chi connectivity index (χ2n) is 12.1. The van der Waals surface area contributed by atoms with Gasteiger partial charge in [0.1, 0.15) is 18.6 Å². The third-order valence-corrected chi connectivity index (χ3v) is 8.02. The number of rotatable bonds is 8. The number of hydrogen-bond donors (Lipinski definition) is 1. The van der Waals surface area contributed by atoms with Crippen molar-refractivity contribution in [3.8, 4) is 23.0 Å². The Hall–Kier alpha value is -3.23. The number of aryl methyl sites for hydroxylation is 1. The van der Waals surface area contributed by atoms with Crippen LogP contribution in [0.5, 0.6) is 23.0 Å². The van der Waals surface area contributed by atoms with Gasteiger partial charge in [0.2, 0.25) is 0 Å². The summed E-state index contributed by atoms with van der Waals surface area (Å²) in [4.78, 5) is 15.7. The van der Waals surface area contributed by atoms with Gasteiger partial charge in [0.05, 0.1) is 12.6 Å². The average Bonchev–Trinajstić information content (AvgIpc) is 3.08. The third-order valence-electron chi connectivity index (χ3n) is 8.02. The number of methoxy groups -OCH3 is 1. The van der Waals surface area contributed by atoms with Crippen LogP contribution >= 0.6 is 0 Å². The Morgan fingerprint density at radius 3 is 2.23 bits per heavy atom. The molecule has 1 N–H and O–H groups in total. The largest absolute Gasteiger partial charge is 0.493 e. The molecule has 5 rings (SSSR count). The van der Waals surface area contributed by atoms with Crippen molar-refractivity contribution >= 4 is 17.2 Å². The van der Waals surface area contributed by atoms with E-state index in [0.29, 0.717) is 34.8 Å². The molecule has 1 aromatic heterocycles. The van der Waals surface area contributed by atoms with Crippen LogP contribution in [0.1, 0.15) is 99.0 Å². The van der Waals surface area contributed by atoms with Crippen molar-refractivity contribution in [1.82, 2.24) is 15.2 Å². The van der Waals surface area contributed by atoms with Crippen molar-refractivity contribution in [3.05, 3.63) is 54.0 Å². The zero-order valence-electron chi connectivity index (χ0n) is 30.9. The maximum absolute atomic E-state index is 14.2. The van der Waals surface area contributed by atoms with Gasteiger partial charge in [-0.15, -0.1) is 0 Å². The topological polar surface area (TPSA) is 72.9 Å². The first kappa shape index (κ1) is 41.8. The number of likely N-dealkylation sites (tertiary alicyclic amines) is 1. The zero-order chi connectivity index (χ0) is 35.2. The fraction of sp³-hybridized carbons (Fsp3) is 0.590. The van der Waals surface area contributed by atoms with Gasteiger partial charge < -0.3 is 24.3 Å². The lowest BCUT2D eigenvalue weighted by molar-refractivity contribution is -0.106. The lowest BCUT2D eigenvalue weighted by Gasteiger charge is -2.34. The quantitative estimate of drug-likeness (QED) is 0.242. The third kappa shape index (κ3) is 14.6. The number of hydrogen-bond acceptors (Lipinski definition) is 7. The molecule has 0 bridgehead atoms. The molecule has 264 valence electrons. The fourth-order valence-corrected chi connectivity index (χ4v) is 5.71. The van der Waals surface area contributed by atoms with E-state index in [1.165, 1.54) is 57.9 Å². The summed E-state index contributed by atoms with van der Waals surface area (Å²) in [5, 5.41) is 4.09. The summed E-state index contributed by atoms with van der Waals surface area (Å²) in [6, 6.07) is 11.1. The molecule has 2 aromatic carbocycles. The minimum absolute atomic E-state index is 0.175. The van der Waals surface area contributed by atoms with E-state index >= 15 is 0 Å². The number of aromatic nitrogens is 1. The first-order chi connectivity index (χ1) is 22.7. The van der Waals surface area contributed by atoms with Crippen molar-refractivity contribution < 1.29 is 23.4 Å². The van der Waals surface area contributed by atoms with Gasteiger partial charge in [-0.3, -0.25) is 9.88 Å². The van der Waals surface area contributed by atoms with Crippen LogP contribution in [0.2, 0.25) is 0 Å². The standard InChI is InChI=1S/C24H27FN2O3.C9H19N.C2H4O.2C2H6/c1-17-6-7-22(19(25)14-17)30-21-8-9-26-20-16-24(23(28-2)15-18(20)21)29-13-12-27-10-4-3-5-11-27;1-9(2)6-4-5-8(7-9)10-3;1-2-3;2*1-2/h6-9,14-16H,3-5,10-13H2,1-2H3;8,10H,4-7H2,1-3H3;2H,1H3;2*1-2H3. The minimum Gasteiger partial charge on any atom is -0.493 e. The van der Waals surface area contributed by atoms with E-state index in [2.05, 4.69) is 36.1 Å². The molecular weight excluding hydrogens is 593 g/mol. The summed E-state index contributed by atoms with van der Waals surface area (Å²) in [6.07, 6.45) is 11.8. The van der Waals surface area contributed by atoms with E-state index in [9.17, 15) is 4.39 Å². The van der Waals surface area contributed by atoms with Crippen molar-refractivity contribution in [2.45, 2.75) is 106 Å². The SMILES string of the molecule is CC.CC.CC=O.CNC1CCCC(C)(C)C1.COc1cc2c(Oc3ccc(C)cc3F)ccnc2cc1OCCN1CCCCC1. The lowest BCUT2D eigenvalue weighted by Crippen LogP contribution is -2.34. The number of nitrogens with zero attached hydrogens (tertiary/aromatic N) is 2. The van der Waals surface area contributed by atoms with E-state index in [1.807, 2.05) is 52.8 Å². The van der Waals surface area contributed by atoms with Crippen LogP contribution in [0.4, 0.5) is 4.39 Å². The number of carbonyl (C=O) groups is 1. The summed E-state index contributed by atoms with van der Waals surface area (Å²) in [7, 11) is 3.68. The second-order valence-corrected chi connectivity index (χ2v) is 12.1. The van der Waals surface area contributed by atoms with E-state index in [0.717, 1.165) is 42.9 Å². The maximum atomic E-state index is 14.2. The van der Waals surface area contributed by atoms with Gasteiger partial charge in [-0.2, -0.15) is 0 Å². The molecule has 47 heavy (non-hydrogen) atoms. The van der Waals surface area contributed by atoms with Gasteiger partial charge in [0.15, 0.2) is 23.1 Å². The van der Waals surface area contributed by atoms with Gasteiger partial charge in [-0.05, 0) is 101 Å². The molecule has 0 amide bonds. The number of fused-ring (bicyclic) bond motifs is 1. The molecule has 1 aliphatic heterocycles. The first-order valence-corrected chi connectivity index (χ1v) is 17.5. The number of halogens is 1. The number of pyridine rings is 1. The molecule has 8 heteroatoms. The highest BCUT2D eigenvalue weighted by atomic mass is 19.1. The minimum atomic E-state index is -0.399. The highest BCUT2D eigenvalue weighted by Gasteiger charge is 2.26. The number of benzene rings is 2. The Labute approximate surface area is 284 Å². The lowest BCUT2D eigenvalue weighted by atomic mass is 9.75. The summed E-state index contributed by atoms with van der Waals surface area (Å²) >= 11 is 0. The van der Waals surface area contributed by atoms with E-state index in [1.54, 1.807) is 25.4 Å². The van der Waals surface area contributed by atoms with Crippen LogP contribution in [-0.4, -0.2) is 62.6 Å². The zero-order valence-corrected chi connectivity index (χ0v) is 30.9. The van der Waals surface area contributed by atoms with Gasteiger partial charge in [-0.1, -0.05) is 60.5 Å². The molecule has 0 radical (unpaired) electrons. The summed E-state index contributed by atoms with van der Waals surface area (Å²) in [5.41, 5.74) is 2.13. The number of carbonyl (C=O) groups excluding carboxylic acids is 1. The predicted octanol–water partition coefficient (Wildman–Crippen LogP) is 9.78. The Morgan fingerprint density at radius 2 is 1.66 bits per heavy atom.